The molecule has 2 aromatic rings. The predicted octanol–water partition coefficient (Wildman–Crippen LogP) is 4.35. The first-order valence-corrected chi connectivity index (χ1v) is 10.4. The number of benzene rings is 2. The Morgan fingerprint density at radius 1 is 0.897 bits per heavy atom. The maximum Gasteiger partial charge on any atom is 0.347 e. The summed E-state index contributed by atoms with van der Waals surface area (Å²) in [5, 5.41) is 11.9. The highest BCUT2D eigenvalue weighted by atomic mass is 16.5. The van der Waals surface area contributed by atoms with Crippen molar-refractivity contribution in [1.82, 2.24) is 4.90 Å². The van der Waals surface area contributed by atoms with Crippen molar-refractivity contribution in [2.24, 2.45) is 0 Å². The monoisotopic (exact) mass is 397 g/mol. The summed E-state index contributed by atoms with van der Waals surface area (Å²) in [5.74, 6) is -0.621. The summed E-state index contributed by atoms with van der Waals surface area (Å²) in [4.78, 5) is 15.5. The Kier molecular flexibility index (Phi) is 7.61. The molecule has 1 atom stereocenters. The van der Waals surface area contributed by atoms with E-state index in [1.165, 1.54) is 5.56 Å². The lowest BCUT2D eigenvalue weighted by Crippen LogP contribution is -2.41. The first-order valence-electron chi connectivity index (χ1n) is 10.4. The zero-order valence-corrected chi connectivity index (χ0v) is 18.9. The molecule has 1 N–H and O–H groups in total. The largest absolute Gasteiger partial charge is 0.462 e. The highest BCUT2D eigenvalue weighted by Gasteiger charge is 2.44. The van der Waals surface area contributed by atoms with E-state index in [2.05, 4.69) is 25.7 Å². The van der Waals surface area contributed by atoms with Crippen molar-refractivity contribution in [2.75, 3.05) is 26.2 Å². The summed E-state index contributed by atoms with van der Waals surface area (Å²) in [6.45, 7) is 16.9. The van der Waals surface area contributed by atoms with Crippen molar-refractivity contribution in [1.29, 1.82) is 0 Å². The van der Waals surface area contributed by atoms with Gasteiger partial charge in [-0.2, -0.15) is 0 Å². The summed E-state index contributed by atoms with van der Waals surface area (Å²) in [7, 11) is 0. The third-order valence-corrected chi connectivity index (χ3v) is 6.38. The molecule has 0 bridgehead atoms. The summed E-state index contributed by atoms with van der Waals surface area (Å²) in [6, 6.07) is 9.12. The number of likely N-dealkylation sites (N-methyl/N-ethyl adjacent to an activating group) is 1. The third kappa shape index (κ3) is 4.39. The van der Waals surface area contributed by atoms with Gasteiger partial charge >= 0.3 is 5.97 Å². The highest BCUT2D eigenvalue weighted by molar-refractivity contribution is 5.87. The van der Waals surface area contributed by atoms with Crippen molar-refractivity contribution in [3.05, 3.63) is 69.3 Å². The molecular weight excluding hydrogens is 362 g/mol. The summed E-state index contributed by atoms with van der Waals surface area (Å²) < 4.78 is 5.64. The number of nitrogens with zero attached hydrogens (tertiary/aromatic N) is 1. The van der Waals surface area contributed by atoms with Gasteiger partial charge in [-0.3, -0.25) is 0 Å². The predicted molar refractivity (Wildman–Crippen MR) is 118 cm³/mol. The molecule has 0 unspecified atom stereocenters. The zero-order valence-electron chi connectivity index (χ0n) is 18.9. The molecule has 0 saturated carbocycles. The fourth-order valence-electron chi connectivity index (χ4n) is 4.00. The average Bonchev–Trinajstić information content (AvgIpc) is 2.74. The van der Waals surface area contributed by atoms with Crippen LogP contribution in [0.25, 0.3) is 0 Å². The van der Waals surface area contributed by atoms with E-state index in [9.17, 15) is 9.90 Å². The summed E-state index contributed by atoms with van der Waals surface area (Å²) >= 11 is 0. The van der Waals surface area contributed by atoms with Crippen LogP contribution in [-0.4, -0.2) is 42.2 Å². The number of esters is 1. The van der Waals surface area contributed by atoms with E-state index in [-0.39, 0.29) is 6.61 Å². The molecule has 158 valence electrons. The number of carbonyl (C=O) groups excluding carboxylic acids is 1. The molecule has 0 spiro atoms. The molecule has 0 aliphatic carbocycles. The van der Waals surface area contributed by atoms with E-state index in [0.29, 0.717) is 17.7 Å². The number of ether oxygens (including phenoxy) is 1. The van der Waals surface area contributed by atoms with Crippen LogP contribution >= 0.6 is 0 Å². The smallest absolute Gasteiger partial charge is 0.347 e. The van der Waals surface area contributed by atoms with Gasteiger partial charge < -0.3 is 14.7 Å². The maximum atomic E-state index is 13.3. The summed E-state index contributed by atoms with van der Waals surface area (Å²) in [5.41, 5.74) is 4.55. The topological polar surface area (TPSA) is 49.8 Å². The number of aliphatic hydroxyl groups is 1. The molecule has 0 aliphatic rings. The first kappa shape index (κ1) is 23.1. The van der Waals surface area contributed by atoms with E-state index in [0.717, 1.165) is 35.3 Å². The van der Waals surface area contributed by atoms with Gasteiger partial charge in [0.2, 0.25) is 5.60 Å². The second-order valence-corrected chi connectivity index (χ2v) is 7.74. The minimum atomic E-state index is -1.85. The minimum Gasteiger partial charge on any atom is -0.462 e. The van der Waals surface area contributed by atoms with Gasteiger partial charge in [0.1, 0.15) is 6.61 Å². The fourth-order valence-corrected chi connectivity index (χ4v) is 4.00. The van der Waals surface area contributed by atoms with Crippen LogP contribution in [0.3, 0.4) is 0 Å². The van der Waals surface area contributed by atoms with Gasteiger partial charge in [0.25, 0.3) is 0 Å². The lowest BCUT2D eigenvalue weighted by Gasteiger charge is -2.32. The number of hydrogen-bond acceptors (Lipinski definition) is 4. The second kappa shape index (κ2) is 9.55. The molecule has 0 heterocycles. The van der Waals surface area contributed by atoms with Crippen LogP contribution in [0, 0.1) is 34.6 Å². The van der Waals surface area contributed by atoms with Gasteiger partial charge in [-0.05, 0) is 81.1 Å². The number of hydrogen-bond donors (Lipinski definition) is 1. The van der Waals surface area contributed by atoms with Gasteiger partial charge in [-0.15, -0.1) is 0 Å². The van der Waals surface area contributed by atoms with Crippen molar-refractivity contribution >= 4 is 5.97 Å². The van der Waals surface area contributed by atoms with Gasteiger partial charge in [0.05, 0.1) is 0 Å². The van der Waals surface area contributed by atoms with Crippen LogP contribution < -0.4 is 0 Å². The quantitative estimate of drug-likeness (QED) is 0.673. The van der Waals surface area contributed by atoms with Gasteiger partial charge in [-0.25, -0.2) is 4.79 Å². The van der Waals surface area contributed by atoms with Crippen LogP contribution in [0.5, 0.6) is 0 Å². The van der Waals surface area contributed by atoms with E-state index in [1.807, 2.05) is 45.9 Å². The Labute approximate surface area is 175 Å². The molecule has 29 heavy (non-hydrogen) atoms. The van der Waals surface area contributed by atoms with Crippen LogP contribution in [0.4, 0.5) is 0 Å². The van der Waals surface area contributed by atoms with Gasteiger partial charge in [0.15, 0.2) is 0 Å². The molecule has 0 aromatic heterocycles. The van der Waals surface area contributed by atoms with Crippen LogP contribution in [0.15, 0.2) is 30.3 Å². The van der Waals surface area contributed by atoms with Crippen LogP contribution in [0.2, 0.25) is 0 Å². The lowest BCUT2D eigenvalue weighted by molar-refractivity contribution is -0.162. The number of carbonyl (C=O) groups is 1. The van der Waals surface area contributed by atoms with Crippen LogP contribution in [-0.2, 0) is 15.1 Å². The Bertz CT molecular complexity index is 827. The molecule has 0 saturated heterocycles. The lowest BCUT2D eigenvalue weighted by atomic mass is 9.77. The molecule has 4 nitrogen and oxygen atoms in total. The van der Waals surface area contributed by atoms with E-state index < -0.39 is 11.6 Å². The third-order valence-electron chi connectivity index (χ3n) is 6.38. The standard InChI is InChI=1S/C25H35NO3/c1-8-26(9-2)15-16-29-24(27)25(28,22-13-11-10-12-14-22)23-20(6)18(4)17(3)19(5)21(23)7/h10-14,28H,8-9,15-16H2,1-7H3/t25-/m0/s1. The second-order valence-electron chi connectivity index (χ2n) is 7.74. The molecule has 4 heteroatoms. The van der Waals surface area contributed by atoms with Crippen molar-refractivity contribution < 1.29 is 14.6 Å². The average molecular weight is 398 g/mol. The minimum absolute atomic E-state index is 0.248. The Morgan fingerprint density at radius 3 is 1.86 bits per heavy atom. The fraction of sp³-hybridized carbons (Fsp3) is 0.480. The molecule has 0 fully saturated rings. The van der Waals surface area contributed by atoms with Crippen molar-refractivity contribution in [3.63, 3.8) is 0 Å². The zero-order chi connectivity index (χ0) is 21.8. The first-order chi connectivity index (χ1) is 13.7. The highest BCUT2D eigenvalue weighted by Crippen LogP contribution is 2.39. The Balaban J connectivity index is 2.56. The van der Waals surface area contributed by atoms with E-state index in [4.69, 9.17) is 4.74 Å². The normalized spacial score (nSPS) is 13.4. The van der Waals surface area contributed by atoms with Gasteiger partial charge in [0, 0.05) is 12.1 Å². The maximum absolute atomic E-state index is 13.3. The molecule has 2 aromatic carbocycles. The van der Waals surface area contributed by atoms with E-state index >= 15 is 0 Å². The van der Waals surface area contributed by atoms with Crippen molar-refractivity contribution in [3.8, 4) is 0 Å². The Hall–Kier alpha value is -2.17. The summed E-state index contributed by atoms with van der Waals surface area (Å²) in [6.07, 6.45) is 0. The SMILES string of the molecule is CCN(CC)CCOC(=O)[C@](O)(c1ccccc1)c1c(C)c(C)c(C)c(C)c1C. The molecule has 0 aliphatic heterocycles. The molecule has 0 amide bonds. The van der Waals surface area contributed by atoms with Gasteiger partial charge in [-0.1, -0.05) is 44.2 Å². The van der Waals surface area contributed by atoms with Crippen molar-refractivity contribution in [2.45, 2.75) is 54.1 Å². The van der Waals surface area contributed by atoms with E-state index in [1.54, 1.807) is 12.1 Å². The number of rotatable bonds is 8. The molecule has 2 rings (SSSR count). The molecular formula is C25H35NO3. The Morgan fingerprint density at radius 2 is 1.38 bits per heavy atom. The van der Waals surface area contributed by atoms with Crippen LogP contribution in [0.1, 0.15) is 52.8 Å². The molecule has 0 radical (unpaired) electrons.